The third-order valence-corrected chi connectivity index (χ3v) is 7.50. The zero-order chi connectivity index (χ0) is 21.7. The average Bonchev–Trinajstić information content (AvgIpc) is 3.22. The van der Waals surface area contributed by atoms with Crippen molar-refractivity contribution in [3.63, 3.8) is 0 Å². The standard InChI is InChI=1S/C23H31FO5S/c24-15-8-7-14-11-22(30-21(14)12-15)18(25)10-9-17-16(19(26)13-20(17)27)5-3-1-2-4-6-23(28)29/h7-8,11-12,16-20,25-27H,1-6,9-10,13H2,(H,28,29)/t16-,17?,18?,19+,20-/m1/s1. The van der Waals surface area contributed by atoms with E-state index in [1.807, 2.05) is 6.07 Å². The van der Waals surface area contributed by atoms with Crippen molar-refractivity contribution in [2.75, 3.05) is 0 Å². The lowest BCUT2D eigenvalue weighted by atomic mass is 9.84. The monoisotopic (exact) mass is 438 g/mol. The molecular formula is C23H31FO5S. The number of halogens is 1. The molecular weight excluding hydrogens is 407 g/mol. The van der Waals surface area contributed by atoms with Gasteiger partial charge in [0.1, 0.15) is 5.82 Å². The van der Waals surface area contributed by atoms with Crippen LogP contribution in [0.3, 0.4) is 0 Å². The second-order valence-corrected chi connectivity index (χ2v) is 9.58. The average molecular weight is 439 g/mol. The number of carboxylic acid groups (broad SMARTS) is 1. The molecule has 7 heteroatoms. The number of hydrogen-bond acceptors (Lipinski definition) is 5. The number of aliphatic hydroxyl groups is 3. The van der Waals surface area contributed by atoms with E-state index >= 15 is 0 Å². The summed E-state index contributed by atoms with van der Waals surface area (Å²) in [5.41, 5.74) is 0. The maximum Gasteiger partial charge on any atom is 0.303 e. The minimum atomic E-state index is -0.772. The van der Waals surface area contributed by atoms with E-state index in [2.05, 4.69) is 0 Å². The van der Waals surface area contributed by atoms with Gasteiger partial charge in [-0.15, -0.1) is 11.3 Å². The van der Waals surface area contributed by atoms with Gasteiger partial charge in [-0.2, -0.15) is 0 Å². The van der Waals surface area contributed by atoms with Gasteiger partial charge in [0, 0.05) is 16.0 Å². The first-order valence-electron chi connectivity index (χ1n) is 10.8. The summed E-state index contributed by atoms with van der Waals surface area (Å²) in [7, 11) is 0. The maximum atomic E-state index is 13.4. The van der Waals surface area contributed by atoms with Crippen molar-refractivity contribution < 1.29 is 29.6 Å². The smallest absolute Gasteiger partial charge is 0.303 e. The molecule has 0 amide bonds. The number of aliphatic carboxylic acids is 1. The fourth-order valence-electron chi connectivity index (χ4n) is 4.67. The van der Waals surface area contributed by atoms with E-state index in [0.29, 0.717) is 25.7 Å². The van der Waals surface area contributed by atoms with Crippen molar-refractivity contribution in [2.24, 2.45) is 11.8 Å². The van der Waals surface area contributed by atoms with Gasteiger partial charge in [0.25, 0.3) is 0 Å². The Balaban J connectivity index is 1.50. The highest BCUT2D eigenvalue weighted by Gasteiger charge is 2.40. The van der Waals surface area contributed by atoms with Gasteiger partial charge >= 0.3 is 5.97 Å². The fourth-order valence-corrected chi connectivity index (χ4v) is 5.78. The Morgan fingerprint density at radius 2 is 1.77 bits per heavy atom. The molecule has 2 unspecified atom stereocenters. The van der Waals surface area contributed by atoms with Crippen LogP contribution >= 0.6 is 11.3 Å². The molecule has 5 nitrogen and oxygen atoms in total. The summed E-state index contributed by atoms with van der Waals surface area (Å²) in [5.74, 6) is -1.12. The Morgan fingerprint density at radius 1 is 1.07 bits per heavy atom. The number of benzene rings is 1. The van der Waals surface area contributed by atoms with Crippen molar-refractivity contribution >= 4 is 27.4 Å². The van der Waals surface area contributed by atoms with Crippen LogP contribution in [0, 0.1) is 17.7 Å². The number of carboxylic acids is 1. The SMILES string of the molecule is O=C(O)CCCCCC[C@@H]1C(CCC(O)c2cc3ccc(F)cc3s2)[C@H](O)C[C@@H]1O. The van der Waals surface area contributed by atoms with E-state index in [9.17, 15) is 24.5 Å². The molecule has 2 aromatic rings. The zero-order valence-corrected chi connectivity index (χ0v) is 17.9. The van der Waals surface area contributed by atoms with Gasteiger partial charge in [0.2, 0.25) is 0 Å². The quantitative estimate of drug-likeness (QED) is 0.383. The van der Waals surface area contributed by atoms with Crippen molar-refractivity contribution in [3.8, 4) is 0 Å². The number of hydrogen-bond donors (Lipinski definition) is 4. The van der Waals surface area contributed by atoms with Crippen LogP contribution < -0.4 is 0 Å². The lowest BCUT2D eigenvalue weighted by molar-refractivity contribution is -0.137. The second kappa shape index (κ2) is 10.7. The Hall–Kier alpha value is -1.54. The summed E-state index contributed by atoms with van der Waals surface area (Å²) in [4.78, 5) is 11.4. The molecule has 0 radical (unpaired) electrons. The van der Waals surface area contributed by atoms with Crippen LogP contribution in [-0.2, 0) is 4.79 Å². The number of thiophene rings is 1. The number of aliphatic hydroxyl groups excluding tert-OH is 3. The molecule has 1 saturated carbocycles. The van der Waals surface area contributed by atoms with E-state index in [4.69, 9.17) is 5.11 Å². The molecule has 4 N–H and O–H groups in total. The van der Waals surface area contributed by atoms with Crippen LogP contribution in [0.1, 0.15) is 68.8 Å². The molecule has 1 aliphatic carbocycles. The van der Waals surface area contributed by atoms with Crippen molar-refractivity contribution in [1.82, 2.24) is 0 Å². The molecule has 1 aromatic heterocycles. The Morgan fingerprint density at radius 3 is 2.50 bits per heavy atom. The van der Waals surface area contributed by atoms with E-state index in [-0.39, 0.29) is 24.1 Å². The minimum absolute atomic E-state index is 0.00294. The molecule has 1 heterocycles. The highest BCUT2D eigenvalue weighted by Crippen LogP contribution is 2.41. The predicted octanol–water partition coefficient (Wildman–Crippen LogP) is 4.64. The lowest BCUT2D eigenvalue weighted by Gasteiger charge is -2.24. The first-order valence-corrected chi connectivity index (χ1v) is 11.6. The second-order valence-electron chi connectivity index (χ2n) is 8.47. The zero-order valence-electron chi connectivity index (χ0n) is 17.0. The molecule has 0 saturated heterocycles. The van der Waals surface area contributed by atoms with Gasteiger partial charge in [0.15, 0.2) is 0 Å². The van der Waals surface area contributed by atoms with E-state index < -0.39 is 24.3 Å². The van der Waals surface area contributed by atoms with Crippen molar-refractivity contribution in [1.29, 1.82) is 0 Å². The molecule has 166 valence electrons. The van der Waals surface area contributed by atoms with Crippen LogP contribution in [-0.4, -0.2) is 38.6 Å². The largest absolute Gasteiger partial charge is 0.481 e. The number of fused-ring (bicyclic) bond motifs is 1. The van der Waals surface area contributed by atoms with Crippen LogP contribution in [0.2, 0.25) is 0 Å². The van der Waals surface area contributed by atoms with Gasteiger partial charge in [-0.1, -0.05) is 25.3 Å². The summed E-state index contributed by atoms with van der Waals surface area (Å²) in [6.45, 7) is 0. The molecule has 30 heavy (non-hydrogen) atoms. The molecule has 0 spiro atoms. The predicted molar refractivity (Wildman–Crippen MR) is 115 cm³/mol. The van der Waals surface area contributed by atoms with E-state index in [0.717, 1.165) is 40.6 Å². The molecule has 1 aromatic carbocycles. The molecule has 0 bridgehead atoms. The van der Waals surface area contributed by atoms with E-state index in [1.165, 1.54) is 23.5 Å². The summed E-state index contributed by atoms with van der Waals surface area (Å²) < 4.78 is 14.2. The fraction of sp³-hybridized carbons (Fsp3) is 0.609. The summed E-state index contributed by atoms with van der Waals surface area (Å²) in [6, 6.07) is 6.48. The van der Waals surface area contributed by atoms with Gasteiger partial charge in [0.05, 0.1) is 18.3 Å². The Bertz CT molecular complexity index is 838. The normalized spacial score (nSPS) is 25.1. The number of unbranched alkanes of at least 4 members (excludes halogenated alkanes) is 3. The molecule has 1 fully saturated rings. The molecule has 3 rings (SSSR count). The summed E-state index contributed by atoms with van der Waals surface area (Å²) >= 11 is 1.38. The highest BCUT2D eigenvalue weighted by atomic mass is 32.1. The third-order valence-electron chi connectivity index (χ3n) is 6.30. The first kappa shape index (κ1) is 23.1. The van der Waals surface area contributed by atoms with Gasteiger partial charge < -0.3 is 20.4 Å². The summed E-state index contributed by atoms with van der Waals surface area (Å²) in [6.07, 6.45) is 4.02. The number of carbonyl (C=O) groups is 1. The molecule has 5 atom stereocenters. The molecule has 1 aliphatic rings. The first-order chi connectivity index (χ1) is 14.3. The summed E-state index contributed by atoms with van der Waals surface area (Å²) in [5, 5.41) is 41.0. The topological polar surface area (TPSA) is 98.0 Å². The maximum absolute atomic E-state index is 13.4. The van der Waals surface area contributed by atoms with E-state index in [1.54, 1.807) is 6.07 Å². The van der Waals surface area contributed by atoms with Crippen LogP contribution in [0.4, 0.5) is 4.39 Å². The van der Waals surface area contributed by atoms with Crippen molar-refractivity contribution in [2.45, 2.75) is 76.1 Å². The van der Waals surface area contributed by atoms with Crippen molar-refractivity contribution in [3.05, 3.63) is 35.0 Å². The van der Waals surface area contributed by atoms with Crippen LogP contribution in [0.5, 0.6) is 0 Å². The molecule has 0 aliphatic heterocycles. The Kier molecular flexibility index (Phi) is 8.22. The minimum Gasteiger partial charge on any atom is -0.481 e. The van der Waals surface area contributed by atoms with Gasteiger partial charge in [-0.3, -0.25) is 4.79 Å². The number of rotatable bonds is 11. The highest BCUT2D eigenvalue weighted by molar-refractivity contribution is 7.19. The third kappa shape index (κ3) is 6.00. The van der Waals surface area contributed by atoms with Crippen LogP contribution in [0.25, 0.3) is 10.1 Å². The van der Waals surface area contributed by atoms with Crippen LogP contribution in [0.15, 0.2) is 24.3 Å². The van der Waals surface area contributed by atoms with Gasteiger partial charge in [-0.05, 0) is 67.5 Å². The lowest BCUT2D eigenvalue weighted by Crippen LogP contribution is -2.23. The van der Waals surface area contributed by atoms with Gasteiger partial charge in [-0.25, -0.2) is 4.39 Å². The Labute approximate surface area is 180 Å².